The molecule has 0 bridgehead atoms. The van der Waals surface area contributed by atoms with Crippen molar-refractivity contribution in [3.8, 4) is 0 Å². The van der Waals surface area contributed by atoms with Gasteiger partial charge in [-0.15, -0.1) is 5.10 Å². The minimum atomic E-state index is -1.16. The Labute approximate surface area is 116 Å². The summed E-state index contributed by atoms with van der Waals surface area (Å²) in [5.74, 6) is -1.38. The van der Waals surface area contributed by atoms with Crippen LogP contribution >= 0.6 is 0 Å². The third kappa shape index (κ3) is 4.30. The molecule has 1 atom stereocenters. The SMILES string of the molecule is O=C(Cn1cc(C(=O)O)nn1)NCCC1CCCCO1. The van der Waals surface area contributed by atoms with Gasteiger partial charge in [0.2, 0.25) is 5.91 Å². The van der Waals surface area contributed by atoms with E-state index in [0.717, 1.165) is 25.9 Å². The molecule has 20 heavy (non-hydrogen) atoms. The summed E-state index contributed by atoms with van der Waals surface area (Å²) >= 11 is 0. The second-order valence-corrected chi connectivity index (χ2v) is 4.73. The van der Waals surface area contributed by atoms with Crippen molar-refractivity contribution < 1.29 is 19.4 Å². The Morgan fingerprint density at radius 3 is 3.00 bits per heavy atom. The third-order valence-corrected chi connectivity index (χ3v) is 3.13. The van der Waals surface area contributed by atoms with Gasteiger partial charge >= 0.3 is 5.97 Å². The van der Waals surface area contributed by atoms with Crippen molar-refractivity contribution in [1.29, 1.82) is 0 Å². The number of aromatic nitrogens is 3. The van der Waals surface area contributed by atoms with Crippen LogP contribution in [0.3, 0.4) is 0 Å². The Balaban J connectivity index is 1.67. The summed E-state index contributed by atoms with van der Waals surface area (Å²) in [5, 5.41) is 18.5. The summed E-state index contributed by atoms with van der Waals surface area (Å²) in [6.45, 7) is 1.31. The van der Waals surface area contributed by atoms with Gasteiger partial charge in [-0.05, 0) is 25.7 Å². The minimum Gasteiger partial charge on any atom is -0.476 e. The Morgan fingerprint density at radius 2 is 2.35 bits per heavy atom. The van der Waals surface area contributed by atoms with Crippen molar-refractivity contribution in [2.45, 2.75) is 38.3 Å². The van der Waals surface area contributed by atoms with E-state index >= 15 is 0 Å². The number of aromatic carboxylic acids is 1. The lowest BCUT2D eigenvalue weighted by Crippen LogP contribution is -2.31. The number of hydrogen-bond donors (Lipinski definition) is 2. The van der Waals surface area contributed by atoms with Crippen LogP contribution in [0.5, 0.6) is 0 Å². The Kier molecular flexibility index (Phi) is 5.05. The molecule has 1 fully saturated rings. The molecule has 0 aliphatic carbocycles. The maximum absolute atomic E-state index is 11.6. The molecule has 1 saturated heterocycles. The van der Waals surface area contributed by atoms with Crippen LogP contribution in [-0.4, -0.2) is 51.2 Å². The van der Waals surface area contributed by atoms with Crippen LogP contribution in [0.2, 0.25) is 0 Å². The normalized spacial score (nSPS) is 18.7. The van der Waals surface area contributed by atoms with Crippen LogP contribution in [0.1, 0.15) is 36.2 Å². The summed E-state index contributed by atoms with van der Waals surface area (Å²) in [5.41, 5.74) is -0.173. The average Bonchev–Trinajstić information content (AvgIpc) is 2.88. The first-order chi connectivity index (χ1) is 9.65. The average molecular weight is 282 g/mol. The molecule has 0 saturated carbocycles. The van der Waals surface area contributed by atoms with Crippen molar-refractivity contribution in [2.24, 2.45) is 0 Å². The fraction of sp³-hybridized carbons (Fsp3) is 0.667. The summed E-state index contributed by atoms with van der Waals surface area (Å²) in [6, 6.07) is 0. The first-order valence-corrected chi connectivity index (χ1v) is 6.67. The second kappa shape index (κ2) is 6.99. The van der Waals surface area contributed by atoms with Crippen LogP contribution in [-0.2, 0) is 16.1 Å². The van der Waals surface area contributed by atoms with Crippen LogP contribution in [0, 0.1) is 0 Å². The van der Waals surface area contributed by atoms with E-state index in [-0.39, 0.29) is 24.2 Å². The molecular weight excluding hydrogens is 264 g/mol. The quantitative estimate of drug-likeness (QED) is 0.763. The predicted molar refractivity (Wildman–Crippen MR) is 68.2 cm³/mol. The van der Waals surface area contributed by atoms with Gasteiger partial charge in [-0.3, -0.25) is 4.79 Å². The Hall–Kier alpha value is -1.96. The highest BCUT2D eigenvalue weighted by molar-refractivity contribution is 5.84. The lowest BCUT2D eigenvalue weighted by atomic mass is 10.1. The number of nitrogens with zero attached hydrogens (tertiary/aromatic N) is 3. The van der Waals surface area contributed by atoms with Gasteiger partial charge in [0.25, 0.3) is 0 Å². The number of rotatable bonds is 6. The largest absolute Gasteiger partial charge is 0.476 e. The predicted octanol–water partition coefficient (Wildman–Crippen LogP) is 0.0517. The number of carbonyl (C=O) groups excluding carboxylic acids is 1. The van der Waals surface area contributed by atoms with E-state index in [1.807, 2.05) is 0 Å². The van der Waals surface area contributed by atoms with E-state index in [0.29, 0.717) is 6.54 Å². The topological polar surface area (TPSA) is 106 Å². The highest BCUT2D eigenvalue weighted by Crippen LogP contribution is 2.14. The zero-order valence-corrected chi connectivity index (χ0v) is 11.1. The number of carbonyl (C=O) groups is 2. The van der Waals surface area contributed by atoms with Crippen LogP contribution in [0.15, 0.2) is 6.20 Å². The van der Waals surface area contributed by atoms with Crippen molar-refractivity contribution >= 4 is 11.9 Å². The molecule has 2 N–H and O–H groups in total. The highest BCUT2D eigenvalue weighted by Gasteiger charge is 2.14. The number of ether oxygens (including phenoxy) is 1. The van der Waals surface area contributed by atoms with Gasteiger partial charge < -0.3 is 15.2 Å². The molecule has 0 radical (unpaired) electrons. The molecule has 0 aromatic carbocycles. The molecule has 0 spiro atoms. The number of nitrogens with one attached hydrogen (secondary N) is 1. The summed E-state index contributed by atoms with van der Waals surface area (Å²) in [4.78, 5) is 22.3. The van der Waals surface area contributed by atoms with E-state index in [1.165, 1.54) is 17.3 Å². The monoisotopic (exact) mass is 282 g/mol. The molecule has 110 valence electrons. The van der Waals surface area contributed by atoms with Crippen LogP contribution in [0.4, 0.5) is 0 Å². The van der Waals surface area contributed by atoms with Crippen molar-refractivity contribution in [1.82, 2.24) is 20.3 Å². The van der Waals surface area contributed by atoms with Crippen molar-refractivity contribution in [2.75, 3.05) is 13.2 Å². The van der Waals surface area contributed by atoms with Gasteiger partial charge in [-0.2, -0.15) is 0 Å². The minimum absolute atomic E-state index is 0.0359. The second-order valence-electron chi connectivity index (χ2n) is 4.73. The molecule has 1 aliphatic heterocycles. The van der Waals surface area contributed by atoms with E-state index in [2.05, 4.69) is 15.6 Å². The lowest BCUT2D eigenvalue weighted by molar-refractivity contribution is -0.122. The molecule has 1 unspecified atom stereocenters. The zero-order chi connectivity index (χ0) is 14.4. The van der Waals surface area contributed by atoms with Gasteiger partial charge in [0, 0.05) is 13.2 Å². The lowest BCUT2D eigenvalue weighted by Gasteiger charge is -2.22. The number of amides is 1. The fourth-order valence-corrected chi connectivity index (χ4v) is 2.08. The van der Waals surface area contributed by atoms with Crippen LogP contribution < -0.4 is 5.32 Å². The van der Waals surface area contributed by atoms with E-state index < -0.39 is 5.97 Å². The first kappa shape index (κ1) is 14.4. The van der Waals surface area contributed by atoms with E-state index in [4.69, 9.17) is 9.84 Å². The molecule has 1 aliphatic rings. The molecule has 1 amide bonds. The molecule has 2 heterocycles. The fourth-order valence-electron chi connectivity index (χ4n) is 2.08. The van der Waals surface area contributed by atoms with Crippen molar-refractivity contribution in [3.63, 3.8) is 0 Å². The van der Waals surface area contributed by atoms with Gasteiger partial charge in [-0.25, -0.2) is 9.48 Å². The summed E-state index contributed by atoms with van der Waals surface area (Å²) in [6.07, 6.45) is 5.58. The van der Waals surface area contributed by atoms with Gasteiger partial charge in [0.05, 0.1) is 12.3 Å². The van der Waals surface area contributed by atoms with Gasteiger partial charge in [-0.1, -0.05) is 5.21 Å². The van der Waals surface area contributed by atoms with Gasteiger partial charge in [0.1, 0.15) is 6.54 Å². The summed E-state index contributed by atoms with van der Waals surface area (Å²) < 4.78 is 6.77. The van der Waals surface area contributed by atoms with Crippen molar-refractivity contribution in [3.05, 3.63) is 11.9 Å². The molecule has 1 aromatic heterocycles. The standard InChI is InChI=1S/C12H18N4O4/c17-11(8-16-7-10(12(18)19)14-15-16)13-5-4-9-3-1-2-6-20-9/h7,9H,1-6,8H2,(H,13,17)(H,18,19). The van der Waals surface area contributed by atoms with E-state index in [1.54, 1.807) is 0 Å². The number of carboxylic acid groups (broad SMARTS) is 1. The maximum Gasteiger partial charge on any atom is 0.358 e. The molecular formula is C12H18N4O4. The maximum atomic E-state index is 11.6. The molecule has 8 heteroatoms. The Bertz CT molecular complexity index is 468. The Morgan fingerprint density at radius 1 is 1.50 bits per heavy atom. The van der Waals surface area contributed by atoms with E-state index in [9.17, 15) is 9.59 Å². The smallest absolute Gasteiger partial charge is 0.358 e. The molecule has 2 rings (SSSR count). The van der Waals surface area contributed by atoms with Crippen LogP contribution in [0.25, 0.3) is 0 Å². The highest BCUT2D eigenvalue weighted by atomic mass is 16.5. The summed E-state index contributed by atoms with van der Waals surface area (Å²) in [7, 11) is 0. The molecule has 8 nitrogen and oxygen atoms in total. The van der Waals surface area contributed by atoms with Gasteiger partial charge in [0.15, 0.2) is 5.69 Å². The first-order valence-electron chi connectivity index (χ1n) is 6.67. The third-order valence-electron chi connectivity index (χ3n) is 3.13. The number of carboxylic acids is 1. The number of hydrogen-bond acceptors (Lipinski definition) is 5. The molecule has 1 aromatic rings. The zero-order valence-electron chi connectivity index (χ0n) is 11.1.